The molecule has 0 amide bonds. The number of nitrogens with zero attached hydrogens (tertiary/aromatic N) is 3. The summed E-state index contributed by atoms with van der Waals surface area (Å²) >= 11 is 0. The Hall–Kier alpha value is -1.92. The third-order valence-electron chi connectivity index (χ3n) is 3.90. The van der Waals surface area contributed by atoms with Crippen LogP contribution in [0.25, 0.3) is 10.9 Å². The van der Waals surface area contributed by atoms with Crippen molar-refractivity contribution < 1.29 is 4.74 Å². The van der Waals surface area contributed by atoms with Crippen molar-refractivity contribution in [2.45, 2.75) is 26.1 Å². The van der Waals surface area contributed by atoms with Crippen molar-refractivity contribution in [3.8, 4) is 0 Å². The minimum Gasteiger partial charge on any atom is -0.385 e. The highest BCUT2D eigenvalue weighted by molar-refractivity contribution is 5.82. The number of rotatable bonds is 4. The van der Waals surface area contributed by atoms with Crippen molar-refractivity contribution >= 4 is 16.7 Å². The molecule has 0 saturated carbocycles. The topological polar surface area (TPSA) is 80.2 Å². The van der Waals surface area contributed by atoms with E-state index in [0.717, 1.165) is 25.3 Å². The number of nitrogens with two attached hydrogens (primary N) is 1. The molecule has 1 fully saturated rings. The van der Waals surface area contributed by atoms with Crippen LogP contribution >= 0.6 is 0 Å². The Morgan fingerprint density at radius 3 is 3.05 bits per heavy atom. The maximum atomic E-state index is 7.53. The van der Waals surface area contributed by atoms with E-state index in [4.69, 9.17) is 21.0 Å². The Morgan fingerprint density at radius 1 is 1.48 bits per heavy atom. The Kier molecular flexibility index (Phi) is 3.90. The molecule has 2 heterocycles. The number of aromatic nitrogens is 2. The SMILES string of the molecule is CCn1nc(CN2CCOC(C(=N)N)C2)c2ccccc21. The Balaban J connectivity index is 1.83. The summed E-state index contributed by atoms with van der Waals surface area (Å²) in [7, 11) is 0. The lowest BCUT2D eigenvalue weighted by atomic mass is 10.2. The number of para-hydroxylation sites is 1. The van der Waals surface area contributed by atoms with Crippen LogP contribution in [0.1, 0.15) is 12.6 Å². The Labute approximate surface area is 124 Å². The number of nitrogens with one attached hydrogen (secondary N) is 1. The second-order valence-electron chi connectivity index (χ2n) is 5.33. The molecule has 21 heavy (non-hydrogen) atoms. The first kappa shape index (κ1) is 14.0. The lowest BCUT2D eigenvalue weighted by Gasteiger charge is -2.31. The second-order valence-corrected chi connectivity index (χ2v) is 5.33. The van der Waals surface area contributed by atoms with Crippen molar-refractivity contribution in [2.24, 2.45) is 5.73 Å². The van der Waals surface area contributed by atoms with Crippen LogP contribution in [-0.4, -0.2) is 46.3 Å². The molecule has 1 atom stereocenters. The average molecular weight is 287 g/mol. The summed E-state index contributed by atoms with van der Waals surface area (Å²) in [6, 6.07) is 8.31. The summed E-state index contributed by atoms with van der Waals surface area (Å²) in [6.45, 7) is 5.83. The minimum atomic E-state index is -0.293. The van der Waals surface area contributed by atoms with Gasteiger partial charge in [-0.2, -0.15) is 5.10 Å². The van der Waals surface area contributed by atoms with Crippen LogP contribution in [-0.2, 0) is 17.8 Å². The van der Waals surface area contributed by atoms with Gasteiger partial charge in [-0.25, -0.2) is 0 Å². The van der Waals surface area contributed by atoms with Crippen LogP contribution < -0.4 is 5.73 Å². The lowest BCUT2D eigenvalue weighted by Crippen LogP contribution is -2.47. The van der Waals surface area contributed by atoms with Crippen molar-refractivity contribution in [3.05, 3.63) is 30.0 Å². The molecule has 3 N–H and O–H groups in total. The zero-order valence-electron chi connectivity index (χ0n) is 12.2. The van der Waals surface area contributed by atoms with E-state index in [1.807, 2.05) is 16.8 Å². The Morgan fingerprint density at radius 2 is 2.29 bits per heavy atom. The van der Waals surface area contributed by atoms with E-state index in [9.17, 15) is 0 Å². The van der Waals surface area contributed by atoms with Crippen molar-refractivity contribution in [3.63, 3.8) is 0 Å². The number of aryl methyl sites for hydroxylation is 1. The molecule has 112 valence electrons. The molecule has 1 aromatic carbocycles. The lowest BCUT2D eigenvalue weighted by molar-refractivity contribution is 0.00200. The highest BCUT2D eigenvalue weighted by Crippen LogP contribution is 2.20. The van der Waals surface area contributed by atoms with Crippen LogP contribution in [0.15, 0.2) is 24.3 Å². The van der Waals surface area contributed by atoms with E-state index >= 15 is 0 Å². The van der Waals surface area contributed by atoms with E-state index in [1.54, 1.807) is 0 Å². The molecule has 0 bridgehead atoms. The van der Waals surface area contributed by atoms with E-state index in [1.165, 1.54) is 10.9 Å². The van der Waals surface area contributed by atoms with Crippen LogP contribution in [0, 0.1) is 5.41 Å². The zero-order chi connectivity index (χ0) is 14.8. The predicted octanol–water partition coefficient (Wildman–Crippen LogP) is 1.19. The van der Waals surface area contributed by atoms with Crippen LogP contribution in [0.2, 0.25) is 0 Å². The number of amidine groups is 1. The molecule has 1 aliphatic rings. The van der Waals surface area contributed by atoms with Gasteiger partial charge >= 0.3 is 0 Å². The molecule has 0 aliphatic carbocycles. The van der Waals surface area contributed by atoms with Gasteiger partial charge in [-0.3, -0.25) is 15.0 Å². The van der Waals surface area contributed by atoms with Gasteiger partial charge in [0.1, 0.15) is 11.9 Å². The van der Waals surface area contributed by atoms with Crippen LogP contribution in [0.5, 0.6) is 0 Å². The number of hydrogen-bond acceptors (Lipinski definition) is 4. The number of morpholine rings is 1. The van der Waals surface area contributed by atoms with Gasteiger partial charge in [0.25, 0.3) is 0 Å². The van der Waals surface area contributed by atoms with E-state index in [2.05, 4.69) is 24.0 Å². The van der Waals surface area contributed by atoms with Gasteiger partial charge in [0.2, 0.25) is 0 Å². The fraction of sp³-hybridized carbons (Fsp3) is 0.467. The minimum absolute atomic E-state index is 0.101. The van der Waals surface area contributed by atoms with Gasteiger partial charge in [-0.05, 0) is 13.0 Å². The normalized spacial score (nSPS) is 20.0. The average Bonchev–Trinajstić information content (AvgIpc) is 2.86. The molecular formula is C15H21N5O. The summed E-state index contributed by atoms with van der Waals surface area (Å²) in [5.41, 5.74) is 7.80. The Bertz CT molecular complexity index is 651. The van der Waals surface area contributed by atoms with Crippen LogP contribution in [0.3, 0.4) is 0 Å². The molecule has 1 aliphatic heterocycles. The summed E-state index contributed by atoms with van der Waals surface area (Å²) < 4.78 is 7.54. The second kappa shape index (κ2) is 5.83. The quantitative estimate of drug-likeness (QED) is 0.654. The standard InChI is InChI=1S/C15H21N5O/c1-2-20-13-6-4-3-5-11(13)12(18-20)9-19-7-8-21-14(10-19)15(16)17/h3-6,14H,2,7-10H2,1H3,(H3,16,17). The fourth-order valence-corrected chi connectivity index (χ4v) is 2.80. The molecule has 2 aromatic rings. The molecule has 0 spiro atoms. The number of benzene rings is 1. The zero-order valence-corrected chi connectivity index (χ0v) is 12.2. The molecular weight excluding hydrogens is 266 g/mol. The van der Waals surface area contributed by atoms with Gasteiger partial charge in [-0.15, -0.1) is 0 Å². The first-order valence-electron chi connectivity index (χ1n) is 7.31. The van der Waals surface area contributed by atoms with Crippen molar-refractivity contribution in [1.82, 2.24) is 14.7 Å². The highest BCUT2D eigenvalue weighted by Gasteiger charge is 2.24. The molecule has 6 nitrogen and oxygen atoms in total. The third-order valence-corrected chi connectivity index (χ3v) is 3.90. The number of fused-ring (bicyclic) bond motifs is 1. The molecule has 1 saturated heterocycles. The van der Waals surface area contributed by atoms with Crippen LogP contribution in [0.4, 0.5) is 0 Å². The molecule has 1 unspecified atom stereocenters. The van der Waals surface area contributed by atoms with Gasteiger partial charge in [0, 0.05) is 31.6 Å². The molecule has 6 heteroatoms. The third kappa shape index (κ3) is 2.77. The van der Waals surface area contributed by atoms with Gasteiger partial charge in [-0.1, -0.05) is 18.2 Å². The number of hydrogen-bond donors (Lipinski definition) is 2. The largest absolute Gasteiger partial charge is 0.385 e. The van der Waals surface area contributed by atoms with Crippen molar-refractivity contribution in [1.29, 1.82) is 5.41 Å². The summed E-state index contributed by atoms with van der Waals surface area (Å²) in [5, 5.41) is 13.5. The maximum absolute atomic E-state index is 7.53. The smallest absolute Gasteiger partial charge is 0.127 e. The summed E-state index contributed by atoms with van der Waals surface area (Å²) in [6.07, 6.45) is -0.293. The van der Waals surface area contributed by atoms with E-state index < -0.39 is 0 Å². The van der Waals surface area contributed by atoms with Gasteiger partial charge in [0.05, 0.1) is 17.8 Å². The first-order valence-corrected chi connectivity index (χ1v) is 7.31. The molecule has 0 radical (unpaired) electrons. The maximum Gasteiger partial charge on any atom is 0.127 e. The van der Waals surface area contributed by atoms with Crippen molar-refractivity contribution in [2.75, 3.05) is 19.7 Å². The van der Waals surface area contributed by atoms with E-state index in [-0.39, 0.29) is 11.9 Å². The first-order chi connectivity index (χ1) is 10.2. The summed E-state index contributed by atoms with van der Waals surface area (Å²) in [5.74, 6) is 0.101. The monoisotopic (exact) mass is 287 g/mol. The number of ether oxygens (including phenoxy) is 1. The van der Waals surface area contributed by atoms with Gasteiger partial charge in [0.15, 0.2) is 0 Å². The van der Waals surface area contributed by atoms with E-state index in [0.29, 0.717) is 13.2 Å². The highest BCUT2D eigenvalue weighted by atomic mass is 16.5. The molecule has 1 aromatic heterocycles. The molecule has 3 rings (SSSR count). The predicted molar refractivity (Wildman–Crippen MR) is 82.3 cm³/mol. The summed E-state index contributed by atoms with van der Waals surface area (Å²) in [4.78, 5) is 2.25. The van der Waals surface area contributed by atoms with Gasteiger partial charge < -0.3 is 10.5 Å². The fourth-order valence-electron chi connectivity index (χ4n) is 2.80.